The molecule has 0 amide bonds. The number of fused-ring (bicyclic) bond motifs is 1. The number of hydrogen-bond donors (Lipinski definition) is 2. The lowest BCUT2D eigenvalue weighted by atomic mass is 9.85. The van der Waals surface area contributed by atoms with Crippen LogP contribution in [0.4, 0.5) is 5.82 Å². The third-order valence-corrected chi connectivity index (χ3v) is 6.78. The van der Waals surface area contributed by atoms with Gasteiger partial charge in [-0.15, -0.1) is 0 Å². The molecule has 0 saturated carbocycles. The van der Waals surface area contributed by atoms with E-state index in [0.717, 1.165) is 39.0 Å². The molecule has 5 nitrogen and oxygen atoms in total. The van der Waals surface area contributed by atoms with Crippen molar-refractivity contribution in [1.29, 1.82) is 0 Å². The van der Waals surface area contributed by atoms with Crippen molar-refractivity contribution in [2.75, 3.05) is 11.9 Å². The Balaban J connectivity index is 1.47. The van der Waals surface area contributed by atoms with Crippen molar-refractivity contribution < 1.29 is 9.90 Å². The van der Waals surface area contributed by atoms with E-state index in [4.69, 9.17) is 23.2 Å². The molecule has 7 heteroatoms. The average Bonchev–Trinajstić information content (AvgIpc) is 2.91. The topological polar surface area (TPSA) is 75.1 Å². The van der Waals surface area contributed by atoms with Gasteiger partial charge in [0.1, 0.15) is 12.1 Å². The summed E-state index contributed by atoms with van der Waals surface area (Å²) < 4.78 is 0. The summed E-state index contributed by atoms with van der Waals surface area (Å²) in [5.74, 6) is -0.238. The second-order valence-electron chi connectivity index (χ2n) is 8.72. The number of hydrogen-bond acceptors (Lipinski definition) is 4. The molecule has 0 fully saturated rings. The largest absolute Gasteiger partial charge is 0.478 e. The summed E-state index contributed by atoms with van der Waals surface area (Å²) in [7, 11) is 0. The fourth-order valence-corrected chi connectivity index (χ4v) is 4.72. The van der Waals surface area contributed by atoms with Crippen LogP contribution in [0.25, 0.3) is 10.9 Å². The molecule has 0 aliphatic heterocycles. The fraction of sp³-hybridized carbons (Fsp3) is 0.100. The molecule has 0 spiro atoms. The highest BCUT2D eigenvalue weighted by atomic mass is 35.5. The highest BCUT2D eigenvalue weighted by Crippen LogP contribution is 2.35. The highest BCUT2D eigenvalue weighted by Gasteiger charge is 2.18. The Hall–Kier alpha value is -3.93. The molecule has 0 aliphatic rings. The van der Waals surface area contributed by atoms with Crippen LogP contribution in [0, 0.1) is 0 Å². The van der Waals surface area contributed by atoms with Gasteiger partial charge in [0.25, 0.3) is 0 Å². The Morgan fingerprint density at radius 1 is 0.811 bits per heavy atom. The van der Waals surface area contributed by atoms with Gasteiger partial charge in [-0.2, -0.15) is 0 Å². The van der Waals surface area contributed by atoms with Gasteiger partial charge in [-0.25, -0.2) is 14.8 Å². The van der Waals surface area contributed by atoms with E-state index in [9.17, 15) is 9.90 Å². The van der Waals surface area contributed by atoms with E-state index >= 15 is 0 Å². The third kappa shape index (κ3) is 5.74. The van der Waals surface area contributed by atoms with Crippen LogP contribution < -0.4 is 5.32 Å². The van der Waals surface area contributed by atoms with Gasteiger partial charge in [0.2, 0.25) is 0 Å². The fourth-order valence-electron chi connectivity index (χ4n) is 4.47. The Labute approximate surface area is 224 Å². The zero-order valence-corrected chi connectivity index (χ0v) is 21.2. The van der Waals surface area contributed by atoms with E-state index in [1.54, 1.807) is 24.5 Å². The summed E-state index contributed by atoms with van der Waals surface area (Å²) in [6.07, 6.45) is 2.20. The van der Waals surface area contributed by atoms with Crippen molar-refractivity contribution in [3.8, 4) is 0 Å². The molecular weight excluding hydrogens is 505 g/mol. The van der Waals surface area contributed by atoms with Crippen molar-refractivity contribution >= 4 is 45.9 Å². The minimum atomic E-state index is -0.930. The summed E-state index contributed by atoms with van der Waals surface area (Å²) in [4.78, 5) is 20.2. The van der Waals surface area contributed by atoms with E-state index in [2.05, 4.69) is 27.4 Å². The molecule has 1 aromatic heterocycles. The maximum atomic E-state index is 11.3. The second kappa shape index (κ2) is 11.0. The lowest BCUT2D eigenvalue weighted by Gasteiger charge is -2.20. The van der Waals surface area contributed by atoms with Gasteiger partial charge in [0.05, 0.1) is 11.1 Å². The standard InChI is InChI=1S/C30H23Cl2N3O2/c31-24-9-4-20(5-10-24)28(21-6-11-25(32)12-7-21)22-8-13-27-26(17-22)29(35-18-34-27)33-15-14-19-2-1-3-23(16-19)30(36)37/h1-13,16-18,28H,14-15H2,(H,36,37)(H,33,34,35). The van der Waals surface area contributed by atoms with E-state index in [1.807, 2.05) is 60.7 Å². The van der Waals surface area contributed by atoms with Crippen molar-refractivity contribution in [3.63, 3.8) is 0 Å². The van der Waals surface area contributed by atoms with Crippen LogP contribution in [0.3, 0.4) is 0 Å². The monoisotopic (exact) mass is 527 g/mol. The second-order valence-corrected chi connectivity index (χ2v) is 9.59. The SMILES string of the molecule is O=C(O)c1cccc(CCNc2ncnc3ccc(C(c4ccc(Cl)cc4)c4ccc(Cl)cc4)cc23)c1. The first kappa shape index (κ1) is 24.8. The molecular formula is C30H23Cl2N3O2. The maximum absolute atomic E-state index is 11.3. The van der Waals surface area contributed by atoms with Crippen LogP contribution in [0.1, 0.15) is 38.5 Å². The molecule has 1 heterocycles. The smallest absolute Gasteiger partial charge is 0.335 e. The maximum Gasteiger partial charge on any atom is 0.335 e. The van der Waals surface area contributed by atoms with Crippen molar-refractivity contribution in [2.24, 2.45) is 0 Å². The zero-order chi connectivity index (χ0) is 25.8. The number of anilines is 1. The first-order valence-corrected chi connectivity index (χ1v) is 12.6. The Bertz CT molecular complexity index is 1510. The molecule has 4 aromatic carbocycles. The molecule has 5 aromatic rings. The number of halogens is 2. The molecule has 0 saturated heterocycles. The van der Waals surface area contributed by atoms with Crippen molar-refractivity contribution in [3.05, 3.63) is 135 Å². The number of aromatic nitrogens is 2. The number of carboxylic acids is 1. The molecule has 0 aliphatic carbocycles. The van der Waals surface area contributed by atoms with E-state index in [0.29, 0.717) is 23.0 Å². The Kier molecular flexibility index (Phi) is 7.35. The van der Waals surface area contributed by atoms with Crippen LogP contribution >= 0.6 is 23.2 Å². The van der Waals surface area contributed by atoms with Crippen LogP contribution in [-0.4, -0.2) is 27.6 Å². The zero-order valence-electron chi connectivity index (χ0n) is 19.7. The quantitative estimate of drug-likeness (QED) is 0.204. The number of carbonyl (C=O) groups is 1. The van der Waals surface area contributed by atoms with Gasteiger partial charge in [0.15, 0.2) is 0 Å². The minimum absolute atomic E-state index is 0.0363. The number of carboxylic acid groups (broad SMARTS) is 1. The Morgan fingerprint density at radius 3 is 2.11 bits per heavy atom. The minimum Gasteiger partial charge on any atom is -0.478 e. The molecule has 184 valence electrons. The van der Waals surface area contributed by atoms with E-state index < -0.39 is 5.97 Å². The number of nitrogens with one attached hydrogen (secondary N) is 1. The summed E-state index contributed by atoms with van der Waals surface area (Å²) in [6.45, 7) is 0.594. The van der Waals surface area contributed by atoms with Gasteiger partial charge in [-0.3, -0.25) is 0 Å². The highest BCUT2D eigenvalue weighted by molar-refractivity contribution is 6.30. The summed E-state index contributed by atoms with van der Waals surface area (Å²) >= 11 is 12.3. The molecule has 0 atom stereocenters. The molecule has 5 rings (SSSR count). The summed E-state index contributed by atoms with van der Waals surface area (Å²) in [6, 6.07) is 28.9. The average molecular weight is 528 g/mol. The van der Waals surface area contributed by atoms with Crippen molar-refractivity contribution in [1.82, 2.24) is 9.97 Å². The molecule has 37 heavy (non-hydrogen) atoms. The van der Waals surface area contributed by atoms with Gasteiger partial charge in [0, 0.05) is 27.9 Å². The van der Waals surface area contributed by atoms with Crippen LogP contribution in [-0.2, 0) is 6.42 Å². The predicted octanol–water partition coefficient (Wildman–Crippen LogP) is 7.47. The molecule has 2 N–H and O–H groups in total. The lowest BCUT2D eigenvalue weighted by molar-refractivity contribution is 0.0696. The van der Waals surface area contributed by atoms with Gasteiger partial charge in [-0.05, 0) is 77.2 Å². The van der Waals surface area contributed by atoms with E-state index in [-0.39, 0.29) is 11.5 Å². The normalized spacial score (nSPS) is 11.1. The van der Waals surface area contributed by atoms with Crippen molar-refractivity contribution in [2.45, 2.75) is 12.3 Å². The number of benzene rings is 4. The van der Waals surface area contributed by atoms with Crippen LogP contribution in [0.2, 0.25) is 10.0 Å². The number of aromatic carboxylic acids is 1. The molecule has 0 bridgehead atoms. The van der Waals surface area contributed by atoms with Gasteiger partial charge >= 0.3 is 5.97 Å². The summed E-state index contributed by atoms with van der Waals surface area (Å²) in [5, 5.41) is 14.9. The summed E-state index contributed by atoms with van der Waals surface area (Å²) in [5.41, 5.74) is 5.36. The number of rotatable bonds is 8. The first-order valence-electron chi connectivity index (χ1n) is 11.8. The molecule has 0 unspecified atom stereocenters. The third-order valence-electron chi connectivity index (χ3n) is 6.28. The number of nitrogens with zero attached hydrogens (tertiary/aromatic N) is 2. The van der Waals surface area contributed by atoms with Gasteiger partial charge < -0.3 is 10.4 Å². The Morgan fingerprint density at radius 2 is 1.46 bits per heavy atom. The van der Waals surface area contributed by atoms with Crippen LogP contribution in [0.15, 0.2) is 97.3 Å². The van der Waals surface area contributed by atoms with Crippen LogP contribution in [0.5, 0.6) is 0 Å². The lowest BCUT2D eigenvalue weighted by Crippen LogP contribution is -2.08. The van der Waals surface area contributed by atoms with Gasteiger partial charge in [-0.1, -0.05) is 65.7 Å². The first-order chi connectivity index (χ1) is 18.0. The predicted molar refractivity (Wildman–Crippen MR) is 149 cm³/mol. The van der Waals surface area contributed by atoms with E-state index in [1.165, 1.54) is 0 Å². The molecule has 0 radical (unpaired) electrons.